The molecule has 0 unspecified atom stereocenters. The smallest absolute Gasteiger partial charge is 0.206 e. The summed E-state index contributed by atoms with van der Waals surface area (Å²) in [6, 6.07) is 8.01. The number of carbonyl (C=O) groups is 1. The number of ether oxygens (including phenoxy) is 5. The molecule has 7 nitrogen and oxygen atoms in total. The lowest BCUT2D eigenvalue weighted by atomic mass is 9.77. The molecule has 2 aromatic carbocycles. The number of benzene rings is 2. The molecule has 0 aliphatic carbocycles. The Hall–Kier alpha value is -2.93. The number of Topliss-reactive ketones (excluding diaryl/α,β-unsaturated/α-hetero) is 1. The Balaban J connectivity index is 1.88. The van der Waals surface area contributed by atoms with Gasteiger partial charge in [0.05, 0.1) is 26.9 Å². The van der Waals surface area contributed by atoms with Crippen molar-refractivity contribution in [1.82, 2.24) is 0 Å². The van der Waals surface area contributed by atoms with Gasteiger partial charge in [-0.1, -0.05) is 0 Å². The average Bonchev–Trinajstić information content (AvgIpc) is 2.68. The number of rotatable bonds is 3. The molecule has 0 radical (unpaired) electrons. The number of hydrogen-bond acceptors (Lipinski definition) is 7. The minimum Gasteiger partial charge on any atom is -0.497 e. The maximum absolute atomic E-state index is 13.2. The lowest BCUT2D eigenvalue weighted by Crippen LogP contribution is -2.57. The van der Waals surface area contributed by atoms with Crippen molar-refractivity contribution in [2.75, 3.05) is 27.9 Å². The van der Waals surface area contributed by atoms with Crippen LogP contribution in [0.1, 0.15) is 15.9 Å². The van der Waals surface area contributed by atoms with Crippen LogP contribution in [-0.2, 0) is 5.60 Å². The number of methoxy groups -OCH3 is 3. The second-order valence-electron chi connectivity index (χ2n) is 6.08. The van der Waals surface area contributed by atoms with E-state index in [-0.39, 0.29) is 17.7 Å². The quantitative estimate of drug-likeness (QED) is 0.898. The van der Waals surface area contributed by atoms with Crippen molar-refractivity contribution in [1.29, 1.82) is 0 Å². The van der Waals surface area contributed by atoms with Crippen molar-refractivity contribution in [2.45, 2.75) is 11.7 Å². The van der Waals surface area contributed by atoms with Crippen molar-refractivity contribution in [3.8, 4) is 28.7 Å². The van der Waals surface area contributed by atoms with Gasteiger partial charge in [-0.3, -0.25) is 4.79 Å². The molecule has 2 heterocycles. The summed E-state index contributed by atoms with van der Waals surface area (Å²) >= 11 is 0. The second-order valence-corrected chi connectivity index (χ2v) is 6.08. The van der Waals surface area contributed by atoms with Crippen LogP contribution in [-0.4, -0.2) is 44.9 Å². The van der Waals surface area contributed by atoms with E-state index in [1.54, 1.807) is 30.3 Å². The summed E-state index contributed by atoms with van der Waals surface area (Å²) in [6.45, 7) is 0.0153. The Kier molecular flexibility index (Phi) is 3.69. The SMILES string of the molecule is COc1ccc2c(c1)O[C@@H]1COc3cc(OC)c(OC)cc3[C@]1(O)C2=O. The Labute approximate surface area is 150 Å². The Morgan fingerprint density at radius 2 is 1.77 bits per heavy atom. The first-order valence-corrected chi connectivity index (χ1v) is 8.04. The average molecular weight is 358 g/mol. The van der Waals surface area contributed by atoms with Crippen molar-refractivity contribution < 1.29 is 33.6 Å². The van der Waals surface area contributed by atoms with Gasteiger partial charge in [0.2, 0.25) is 5.78 Å². The Morgan fingerprint density at radius 3 is 2.46 bits per heavy atom. The first-order chi connectivity index (χ1) is 12.5. The first-order valence-electron chi connectivity index (χ1n) is 8.04. The number of fused-ring (bicyclic) bond motifs is 4. The lowest BCUT2D eigenvalue weighted by Gasteiger charge is -2.43. The van der Waals surface area contributed by atoms with Gasteiger partial charge in [-0.15, -0.1) is 0 Å². The maximum Gasteiger partial charge on any atom is 0.206 e. The molecule has 2 aromatic rings. The molecule has 0 amide bonds. The minimum absolute atomic E-state index is 0.0153. The number of carbonyl (C=O) groups excluding carboxylic acids is 1. The zero-order chi connectivity index (χ0) is 18.5. The van der Waals surface area contributed by atoms with Crippen LogP contribution in [0.2, 0.25) is 0 Å². The second kappa shape index (κ2) is 5.81. The predicted octanol–water partition coefficient (Wildman–Crippen LogP) is 1.94. The van der Waals surface area contributed by atoms with E-state index in [1.807, 2.05) is 0 Å². The summed E-state index contributed by atoms with van der Waals surface area (Å²) in [5.41, 5.74) is -1.31. The molecule has 2 aliphatic rings. The van der Waals surface area contributed by atoms with Gasteiger partial charge in [-0.05, 0) is 18.2 Å². The van der Waals surface area contributed by atoms with Crippen LogP contribution in [0.5, 0.6) is 28.7 Å². The molecule has 0 saturated heterocycles. The van der Waals surface area contributed by atoms with E-state index < -0.39 is 17.5 Å². The van der Waals surface area contributed by atoms with Gasteiger partial charge in [-0.2, -0.15) is 0 Å². The van der Waals surface area contributed by atoms with E-state index in [9.17, 15) is 9.90 Å². The van der Waals surface area contributed by atoms with Crippen LogP contribution in [0, 0.1) is 0 Å². The van der Waals surface area contributed by atoms with Gasteiger partial charge in [0.15, 0.2) is 23.2 Å². The van der Waals surface area contributed by atoms with E-state index in [0.717, 1.165) is 0 Å². The molecule has 7 heteroatoms. The fraction of sp³-hybridized carbons (Fsp3) is 0.316. The topological polar surface area (TPSA) is 83.5 Å². The number of aliphatic hydroxyl groups is 1. The summed E-state index contributed by atoms with van der Waals surface area (Å²) < 4.78 is 27.3. The van der Waals surface area contributed by atoms with E-state index >= 15 is 0 Å². The molecule has 0 saturated carbocycles. The molecular formula is C19H18O7. The highest BCUT2D eigenvalue weighted by atomic mass is 16.6. The van der Waals surface area contributed by atoms with Crippen molar-refractivity contribution in [3.63, 3.8) is 0 Å². The van der Waals surface area contributed by atoms with Gasteiger partial charge in [-0.25, -0.2) is 0 Å². The highest BCUT2D eigenvalue weighted by molar-refractivity contribution is 6.07. The molecule has 1 N–H and O–H groups in total. The predicted molar refractivity (Wildman–Crippen MR) is 90.7 cm³/mol. The fourth-order valence-electron chi connectivity index (χ4n) is 3.40. The van der Waals surface area contributed by atoms with Crippen LogP contribution in [0.3, 0.4) is 0 Å². The van der Waals surface area contributed by atoms with Crippen LogP contribution in [0.4, 0.5) is 0 Å². The van der Waals surface area contributed by atoms with Crippen molar-refractivity contribution in [2.24, 2.45) is 0 Å². The van der Waals surface area contributed by atoms with Gasteiger partial charge in [0.25, 0.3) is 0 Å². The van der Waals surface area contributed by atoms with Crippen LogP contribution in [0.15, 0.2) is 30.3 Å². The standard InChI is InChI=1S/C19H18O7/c1-22-10-4-5-11-13(6-10)26-17-9-25-14-8-16(24-3)15(23-2)7-12(14)19(17,21)18(11)20/h4-8,17,21H,9H2,1-3H3/t17-,19-/m1/s1. The van der Waals surface area contributed by atoms with Crippen LogP contribution in [0.25, 0.3) is 0 Å². The minimum atomic E-state index is -1.88. The third-order valence-electron chi connectivity index (χ3n) is 4.80. The summed E-state index contributed by atoms with van der Waals surface area (Å²) in [7, 11) is 4.52. The molecular weight excluding hydrogens is 340 g/mol. The van der Waals surface area contributed by atoms with E-state index in [2.05, 4.69) is 0 Å². The van der Waals surface area contributed by atoms with Crippen LogP contribution >= 0.6 is 0 Å². The zero-order valence-electron chi connectivity index (χ0n) is 14.6. The molecule has 0 bridgehead atoms. The van der Waals surface area contributed by atoms with E-state index in [0.29, 0.717) is 28.7 Å². The maximum atomic E-state index is 13.2. The summed E-state index contributed by atoms with van der Waals surface area (Å²) in [5, 5.41) is 11.4. The van der Waals surface area contributed by atoms with Gasteiger partial charge < -0.3 is 28.8 Å². The summed E-state index contributed by atoms with van der Waals surface area (Å²) in [4.78, 5) is 13.2. The molecule has 26 heavy (non-hydrogen) atoms. The van der Waals surface area contributed by atoms with Crippen LogP contribution < -0.4 is 23.7 Å². The molecule has 0 fully saturated rings. The molecule has 0 aromatic heterocycles. The molecule has 4 rings (SSSR count). The van der Waals surface area contributed by atoms with Gasteiger partial charge >= 0.3 is 0 Å². The molecule has 2 aliphatic heterocycles. The number of hydrogen-bond donors (Lipinski definition) is 1. The molecule has 136 valence electrons. The van der Waals surface area contributed by atoms with Gasteiger partial charge in [0.1, 0.15) is 23.9 Å². The normalized spacial score (nSPS) is 22.9. The highest BCUT2D eigenvalue weighted by Gasteiger charge is 2.56. The summed E-state index contributed by atoms with van der Waals surface area (Å²) in [5.74, 6) is 1.65. The number of ketones is 1. The van der Waals surface area contributed by atoms with Crippen molar-refractivity contribution >= 4 is 5.78 Å². The Morgan fingerprint density at radius 1 is 1.04 bits per heavy atom. The third-order valence-corrected chi connectivity index (χ3v) is 4.80. The fourth-order valence-corrected chi connectivity index (χ4v) is 3.40. The summed E-state index contributed by atoms with van der Waals surface area (Å²) in [6.07, 6.45) is -0.889. The van der Waals surface area contributed by atoms with E-state index in [4.69, 9.17) is 23.7 Å². The highest BCUT2D eigenvalue weighted by Crippen LogP contribution is 2.49. The molecule has 0 spiro atoms. The molecule has 2 atom stereocenters. The third kappa shape index (κ3) is 2.13. The largest absolute Gasteiger partial charge is 0.497 e. The van der Waals surface area contributed by atoms with E-state index in [1.165, 1.54) is 21.3 Å². The Bertz CT molecular complexity index is 892. The monoisotopic (exact) mass is 358 g/mol. The zero-order valence-corrected chi connectivity index (χ0v) is 14.6. The lowest BCUT2D eigenvalue weighted by molar-refractivity contribution is -0.0800. The van der Waals surface area contributed by atoms with Crippen molar-refractivity contribution in [3.05, 3.63) is 41.5 Å². The van der Waals surface area contributed by atoms with Gasteiger partial charge in [0, 0.05) is 17.7 Å². The first kappa shape index (κ1) is 16.5.